The molecular weight excluding hydrogens is 236 g/mol. The molecule has 2 aliphatic rings. The largest absolute Gasteiger partial charge is 0.311 e. The molecular formula is C15H26N4. The summed E-state index contributed by atoms with van der Waals surface area (Å²) in [6.45, 7) is 11.1. The standard InChI is InChI=1S/C15H26N4/c1-4-19-10-13(7-17-19)9-18-8-12(2)16-11-15(18,3)14-5-6-14/h7,10,12,14,16H,4-6,8-9,11H2,1-3H3. The molecule has 19 heavy (non-hydrogen) atoms. The van der Waals surface area contributed by atoms with E-state index < -0.39 is 0 Å². The maximum absolute atomic E-state index is 4.40. The number of aryl methyl sites for hydroxylation is 1. The third-order valence-corrected chi connectivity index (χ3v) is 4.87. The van der Waals surface area contributed by atoms with Crippen molar-refractivity contribution in [2.24, 2.45) is 5.92 Å². The third kappa shape index (κ3) is 2.56. The summed E-state index contributed by atoms with van der Waals surface area (Å²) in [5.74, 6) is 0.883. The van der Waals surface area contributed by atoms with E-state index in [-0.39, 0.29) is 0 Å². The van der Waals surface area contributed by atoms with Crippen LogP contribution >= 0.6 is 0 Å². The molecule has 0 radical (unpaired) electrons. The molecule has 3 rings (SSSR count). The molecule has 1 saturated carbocycles. The van der Waals surface area contributed by atoms with E-state index in [1.165, 1.54) is 18.4 Å². The maximum Gasteiger partial charge on any atom is 0.0534 e. The summed E-state index contributed by atoms with van der Waals surface area (Å²) >= 11 is 0. The lowest BCUT2D eigenvalue weighted by molar-refractivity contribution is 0.0312. The van der Waals surface area contributed by atoms with Crippen LogP contribution < -0.4 is 5.32 Å². The smallest absolute Gasteiger partial charge is 0.0534 e. The fourth-order valence-electron chi connectivity index (χ4n) is 3.33. The van der Waals surface area contributed by atoms with Crippen molar-refractivity contribution in [3.05, 3.63) is 18.0 Å². The molecule has 1 aromatic heterocycles. The molecule has 0 amide bonds. The lowest BCUT2D eigenvalue weighted by atomic mass is 9.89. The van der Waals surface area contributed by atoms with E-state index in [4.69, 9.17) is 0 Å². The van der Waals surface area contributed by atoms with Gasteiger partial charge in [-0.05, 0) is 39.5 Å². The van der Waals surface area contributed by atoms with Crippen molar-refractivity contribution in [3.8, 4) is 0 Å². The zero-order chi connectivity index (χ0) is 13.5. The van der Waals surface area contributed by atoms with Crippen molar-refractivity contribution < 1.29 is 0 Å². The van der Waals surface area contributed by atoms with Gasteiger partial charge in [-0.2, -0.15) is 5.10 Å². The van der Waals surface area contributed by atoms with E-state index in [1.807, 2.05) is 10.9 Å². The van der Waals surface area contributed by atoms with E-state index in [2.05, 4.69) is 42.3 Å². The summed E-state index contributed by atoms with van der Waals surface area (Å²) in [6, 6.07) is 0.591. The molecule has 2 unspecified atom stereocenters. The first kappa shape index (κ1) is 13.1. The van der Waals surface area contributed by atoms with E-state index in [9.17, 15) is 0 Å². The van der Waals surface area contributed by atoms with Crippen LogP contribution in [-0.4, -0.2) is 39.4 Å². The SMILES string of the molecule is CCn1cc(CN2CC(C)NCC2(C)C2CC2)cn1. The van der Waals surface area contributed by atoms with Crippen LogP contribution in [0.5, 0.6) is 0 Å². The molecule has 106 valence electrons. The van der Waals surface area contributed by atoms with Gasteiger partial charge in [0, 0.05) is 49.5 Å². The third-order valence-electron chi connectivity index (χ3n) is 4.87. The zero-order valence-corrected chi connectivity index (χ0v) is 12.4. The molecule has 2 atom stereocenters. The number of hydrogen-bond donors (Lipinski definition) is 1. The number of rotatable bonds is 4. The Morgan fingerprint density at radius 2 is 2.26 bits per heavy atom. The van der Waals surface area contributed by atoms with Crippen molar-refractivity contribution in [3.63, 3.8) is 0 Å². The second-order valence-electron chi connectivity index (χ2n) is 6.50. The van der Waals surface area contributed by atoms with Crippen molar-refractivity contribution in [1.82, 2.24) is 20.0 Å². The average molecular weight is 262 g/mol. The number of aromatic nitrogens is 2. The number of nitrogens with zero attached hydrogens (tertiary/aromatic N) is 3. The predicted octanol–water partition coefficient (Wildman–Crippen LogP) is 1.87. The number of hydrogen-bond acceptors (Lipinski definition) is 3. The maximum atomic E-state index is 4.40. The summed E-state index contributed by atoms with van der Waals surface area (Å²) in [7, 11) is 0. The van der Waals surface area contributed by atoms with Gasteiger partial charge in [0.15, 0.2) is 0 Å². The molecule has 2 fully saturated rings. The fraction of sp³-hybridized carbons (Fsp3) is 0.800. The van der Waals surface area contributed by atoms with Gasteiger partial charge in [0.25, 0.3) is 0 Å². The van der Waals surface area contributed by atoms with Crippen LogP contribution in [0.25, 0.3) is 0 Å². The van der Waals surface area contributed by atoms with Crippen LogP contribution in [0, 0.1) is 5.92 Å². The first-order valence-corrected chi connectivity index (χ1v) is 7.61. The van der Waals surface area contributed by atoms with Crippen LogP contribution in [-0.2, 0) is 13.1 Å². The Kier molecular flexibility index (Phi) is 3.39. The van der Waals surface area contributed by atoms with Gasteiger partial charge < -0.3 is 5.32 Å². The minimum Gasteiger partial charge on any atom is -0.311 e. The lowest BCUT2D eigenvalue weighted by Gasteiger charge is -2.48. The highest BCUT2D eigenvalue weighted by molar-refractivity contribution is 5.10. The van der Waals surface area contributed by atoms with Gasteiger partial charge in [-0.25, -0.2) is 0 Å². The summed E-state index contributed by atoms with van der Waals surface area (Å²) in [5, 5.41) is 8.07. The van der Waals surface area contributed by atoms with E-state index in [0.29, 0.717) is 11.6 Å². The Labute approximate surface area is 116 Å². The van der Waals surface area contributed by atoms with Gasteiger partial charge >= 0.3 is 0 Å². The van der Waals surface area contributed by atoms with Crippen LogP contribution in [0.15, 0.2) is 12.4 Å². The molecule has 0 spiro atoms. The number of piperazine rings is 1. The van der Waals surface area contributed by atoms with Gasteiger partial charge in [-0.1, -0.05) is 0 Å². The second-order valence-corrected chi connectivity index (χ2v) is 6.50. The minimum absolute atomic E-state index is 0.334. The first-order valence-electron chi connectivity index (χ1n) is 7.61. The molecule has 1 saturated heterocycles. The highest BCUT2D eigenvalue weighted by Gasteiger charge is 2.47. The highest BCUT2D eigenvalue weighted by atomic mass is 15.3. The van der Waals surface area contributed by atoms with Gasteiger partial charge in [0.05, 0.1) is 6.20 Å². The van der Waals surface area contributed by atoms with Crippen molar-refractivity contribution in [1.29, 1.82) is 0 Å². The topological polar surface area (TPSA) is 33.1 Å². The molecule has 1 aromatic rings. The Morgan fingerprint density at radius 1 is 1.47 bits per heavy atom. The molecule has 0 bridgehead atoms. The van der Waals surface area contributed by atoms with Crippen LogP contribution in [0.4, 0.5) is 0 Å². The zero-order valence-electron chi connectivity index (χ0n) is 12.4. The molecule has 4 heteroatoms. The monoisotopic (exact) mass is 262 g/mol. The Bertz CT molecular complexity index is 437. The molecule has 4 nitrogen and oxygen atoms in total. The van der Waals surface area contributed by atoms with Crippen molar-refractivity contribution in [2.45, 2.75) is 58.3 Å². The van der Waals surface area contributed by atoms with Crippen LogP contribution in [0.2, 0.25) is 0 Å². The Balaban J connectivity index is 1.75. The molecule has 1 N–H and O–H groups in total. The fourth-order valence-corrected chi connectivity index (χ4v) is 3.33. The lowest BCUT2D eigenvalue weighted by Crippen LogP contribution is -2.63. The van der Waals surface area contributed by atoms with E-state index in [0.717, 1.165) is 32.1 Å². The van der Waals surface area contributed by atoms with Crippen LogP contribution in [0.3, 0.4) is 0 Å². The number of nitrogens with one attached hydrogen (secondary N) is 1. The summed E-state index contributed by atoms with van der Waals surface area (Å²) < 4.78 is 2.02. The Morgan fingerprint density at radius 3 is 2.89 bits per heavy atom. The van der Waals surface area contributed by atoms with E-state index >= 15 is 0 Å². The minimum atomic E-state index is 0.334. The first-order chi connectivity index (χ1) is 9.11. The predicted molar refractivity (Wildman–Crippen MR) is 76.9 cm³/mol. The van der Waals surface area contributed by atoms with Crippen molar-refractivity contribution in [2.75, 3.05) is 13.1 Å². The highest BCUT2D eigenvalue weighted by Crippen LogP contribution is 2.44. The summed E-state index contributed by atoms with van der Waals surface area (Å²) in [6.07, 6.45) is 7.03. The van der Waals surface area contributed by atoms with Gasteiger partial charge in [-0.15, -0.1) is 0 Å². The van der Waals surface area contributed by atoms with Crippen LogP contribution in [0.1, 0.15) is 39.2 Å². The summed E-state index contributed by atoms with van der Waals surface area (Å²) in [4.78, 5) is 2.68. The average Bonchev–Trinajstić information content (AvgIpc) is 3.16. The second kappa shape index (κ2) is 4.91. The van der Waals surface area contributed by atoms with E-state index in [1.54, 1.807) is 0 Å². The Hall–Kier alpha value is -0.870. The normalized spacial score (nSPS) is 32.7. The van der Waals surface area contributed by atoms with Crippen molar-refractivity contribution >= 4 is 0 Å². The van der Waals surface area contributed by atoms with Gasteiger partial charge in [-0.3, -0.25) is 9.58 Å². The van der Waals surface area contributed by atoms with Gasteiger partial charge in [0.2, 0.25) is 0 Å². The molecule has 2 heterocycles. The summed E-state index contributed by atoms with van der Waals surface area (Å²) in [5.41, 5.74) is 1.68. The molecule has 0 aromatic carbocycles. The molecule has 1 aliphatic heterocycles. The molecule has 1 aliphatic carbocycles. The van der Waals surface area contributed by atoms with Gasteiger partial charge in [0.1, 0.15) is 0 Å². The quantitative estimate of drug-likeness (QED) is 0.899.